The van der Waals surface area contributed by atoms with Crippen LogP contribution >= 0.6 is 0 Å². The highest BCUT2D eigenvalue weighted by Gasteiger charge is 2.45. The summed E-state index contributed by atoms with van der Waals surface area (Å²) in [5, 5.41) is 0. The molecular formula is C15H16N4. The number of hydrogen-bond acceptors (Lipinski definition) is 4. The van der Waals surface area contributed by atoms with E-state index >= 15 is 0 Å². The number of hydrogen-bond donors (Lipinski definition) is 3. The first-order valence-corrected chi connectivity index (χ1v) is 6.29. The summed E-state index contributed by atoms with van der Waals surface area (Å²) >= 11 is 0. The first kappa shape index (κ1) is 12.0. The van der Waals surface area contributed by atoms with Gasteiger partial charge in [0.2, 0.25) is 0 Å². The van der Waals surface area contributed by atoms with Crippen LogP contribution in [0.5, 0.6) is 0 Å². The standard InChI is InChI=1S/C15H16N4/c1-2-15(16,11-6-4-3-5-7-11)14-12-10-17-9-8-13(12)18-19-14/h1,3-9,12,14,18-19H,10,16H2. The van der Waals surface area contributed by atoms with Crippen LogP contribution in [0.1, 0.15) is 5.56 Å². The van der Waals surface area contributed by atoms with Crippen molar-refractivity contribution < 1.29 is 0 Å². The Morgan fingerprint density at radius 2 is 2.16 bits per heavy atom. The van der Waals surface area contributed by atoms with Crippen molar-refractivity contribution in [2.45, 2.75) is 11.6 Å². The number of terminal acetylenes is 1. The van der Waals surface area contributed by atoms with E-state index in [-0.39, 0.29) is 12.0 Å². The minimum Gasteiger partial charge on any atom is -0.325 e. The lowest BCUT2D eigenvalue weighted by molar-refractivity contribution is 0.340. The van der Waals surface area contributed by atoms with Gasteiger partial charge >= 0.3 is 0 Å². The molecule has 4 nitrogen and oxygen atoms in total. The van der Waals surface area contributed by atoms with E-state index in [1.807, 2.05) is 36.4 Å². The Kier molecular flexibility index (Phi) is 2.86. The molecule has 2 heterocycles. The average molecular weight is 252 g/mol. The van der Waals surface area contributed by atoms with Crippen molar-refractivity contribution in [2.24, 2.45) is 16.6 Å². The summed E-state index contributed by atoms with van der Waals surface area (Å²) in [5.74, 6) is 2.95. The van der Waals surface area contributed by atoms with Crippen LogP contribution in [0.2, 0.25) is 0 Å². The zero-order chi connectivity index (χ0) is 13.3. The molecule has 0 bridgehead atoms. The van der Waals surface area contributed by atoms with Gasteiger partial charge in [-0.15, -0.1) is 6.42 Å². The van der Waals surface area contributed by atoms with Crippen LogP contribution in [0.3, 0.4) is 0 Å². The molecule has 0 aliphatic carbocycles. The largest absolute Gasteiger partial charge is 0.325 e. The van der Waals surface area contributed by atoms with E-state index in [0.717, 1.165) is 11.3 Å². The molecule has 4 heteroatoms. The molecule has 96 valence electrons. The van der Waals surface area contributed by atoms with Crippen LogP contribution < -0.4 is 16.6 Å². The van der Waals surface area contributed by atoms with E-state index in [4.69, 9.17) is 12.2 Å². The summed E-state index contributed by atoms with van der Waals surface area (Å²) in [6, 6.07) is 9.71. The van der Waals surface area contributed by atoms with E-state index in [9.17, 15) is 0 Å². The molecule has 3 atom stereocenters. The van der Waals surface area contributed by atoms with Crippen LogP contribution in [-0.2, 0) is 5.54 Å². The van der Waals surface area contributed by atoms with Gasteiger partial charge in [-0.1, -0.05) is 36.3 Å². The first-order valence-electron chi connectivity index (χ1n) is 6.29. The highest BCUT2D eigenvalue weighted by molar-refractivity contribution is 5.73. The molecule has 4 N–H and O–H groups in total. The van der Waals surface area contributed by atoms with E-state index < -0.39 is 5.54 Å². The maximum atomic E-state index is 6.51. The Morgan fingerprint density at radius 1 is 1.37 bits per heavy atom. The number of rotatable bonds is 2. The summed E-state index contributed by atoms with van der Waals surface area (Å²) in [7, 11) is 0. The zero-order valence-electron chi connectivity index (χ0n) is 10.5. The lowest BCUT2D eigenvalue weighted by Gasteiger charge is -2.33. The lowest BCUT2D eigenvalue weighted by Crippen LogP contribution is -2.55. The maximum absolute atomic E-state index is 6.51. The second-order valence-electron chi connectivity index (χ2n) is 4.87. The highest BCUT2D eigenvalue weighted by atomic mass is 15.4. The Morgan fingerprint density at radius 3 is 2.89 bits per heavy atom. The SMILES string of the molecule is C#CC(N)(c1ccccc1)C1NNC2=CC=NCC21. The molecule has 3 rings (SSSR count). The second-order valence-corrected chi connectivity index (χ2v) is 4.87. The molecule has 2 aliphatic rings. The van der Waals surface area contributed by atoms with Crippen molar-refractivity contribution in [2.75, 3.05) is 6.54 Å². The third-order valence-electron chi connectivity index (χ3n) is 3.82. The van der Waals surface area contributed by atoms with Gasteiger partial charge in [-0.05, 0) is 11.6 Å². The van der Waals surface area contributed by atoms with Gasteiger partial charge in [-0.25, -0.2) is 5.43 Å². The van der Waals surface area contributed by atoms with Crippen LogP contribution in [0.25, 0.3) is 0 Å². The Labute approximate surface area is 112 Å². The van der Waals surface area contributed by atoms with E-state index in [1.54, 1.807) is 6.21 Å². The molecule has 1 aromatic rings. The smallest absolute Gasteiger partial charge is 0.121 e. The summed E-state index contributed by atoms with van der Waals surface area (Å²) in [6.45, 7) is 0.698. The number of aliphatic imine (C=N–C) groups is 1. The molecule has 0 radical (unpaired) electrons. The minimum absolute atomic E-state index is 0.0800. The number of nitrogens with two attached hydrogens (primary N) is 1. The van der Waals surface area contributed by atoms with Gasteiger partial charge < -0.3 is 11.2 Å². The van der Waals surface area contributed by atoms with Gasteiger partial charge in [0.1, 0.15) is 5.54 Å². The molecule has 0 amide bonds. The van der Waals surface area contributed by atoms with Gasteiger partial charge in [0, 0.05) is 24.4 Å². The van der Waals surface area contributed by atoms with Crippen molar-refractivity contribution >= 4 is 6.21 Å². The lowest BCUT2D eigenvalue weighted by atomic mass is 9.77. The molecule has 2 aliphatic heterocycles. The molecule has 3 unspecified atom stereocenters. The molecule has 0 aromatic heterocycles. The third-order valence-corrected chi connectivity index (χ3v) is 3.82. The minimum atomic E-state index is -0.860. The highest BCUT2D eigenvalue weighted by Crippen LogP contribution is 2.32. The predicted octanol–water partition coefficient (Wildman–Crippen LogP) is 0.535. The second kappa shape index (κ2) is 4.54. The van der Waals surface area contributed by atoms with Crippen molar-refractivity contribution in [3.63, 3.8) is 0 Å². The summed E-state index contributed by atoms with van der Waals surface area (Å²) in [4.78, 5) is 4.31. The molecule has 0 spiro atoms. The molecule has 1 fully saturated rings. The number of allylic oxidation sites excluding steroid dienone is 1. The number of hydrazine groups is 1. The number of fused-ring (bicyclic) bond motifs is 1. The van der Waals surface area contributed by atoms with Crippen molar-refractivity contribution in [1.82, 2.24) is 10.9 Å². The summed E-state index contributed by atoms with van der Waals surface area (Å²) < 4.78 is 0. The van der Waals surface area contributed by atoms with Gasteiger partial charge in [-0.2, -0.15) is 0 Å². The number of nitrogens with zero attached hydrogens (tertiary/aromatic N) is 1. The first-order chi connectivity index (χ1) is 9.25. The van der Waals surface area contributed by atoms with Crippen LogP contribution in [0, 0.1) is 18.3 Å². The topological polar surface area (TPSA) is 62.4 Å². The van der Waals surface area contributed by atoms with Gasteiger partial charge in [0.05, 0.1) is 6.04 Å². The average Bonchev–Trinajstić information content (AvgIpc) is 2.92. The summed E-state index contributed by atoms with van der Waals surface area (Å²) in [5.41, 5.74) is 14.1. The number of dihydropyridines is 1. The van der Waals surface area contributed by atoms with Gasteiger partial charge in [0.25, 0.3) is 0 Å². The van der Waals surface area contributed by atoms with Crippen molar-refractivity contribution in [3.05, 3.63) is 47.7 Å². The fraction of sp³-hybridized carbons (Fsp3) is 0.267. The monoisotopic (exact) mass is 252 g/mol. The number of nitrogens with one attached hydrogen (secondary N) is 2. The van der Waals surface area contributed by atoms with E-state index in [1.165, 1.54) is 0 Å². The van der Waals surface area contributed by atoms with Gasteiger partial charge in [-0.3, -0.25) is 4.99 Å². The molecule has 19 heavy (non-hydrogen) atoms. The summed E-state index contributed by atoms with van der Waals surface area (Å²) in [6.07, 6.45) is 9.51. The molecule has 1 aromatic carbocycles. The van der Waals surface area contributed by atoms with Crippen molar-refractivity contribution in [1.29, 1.82) is 0 Å². The quantitative estimate of drug-likeness (QED) is 0.673. The Hall–Kier alpha value is -2.09. The maximum Gasteiger partial charge on any atom is 0.121 e. The van der Waals surface area contributed by atoms with Crippen molar-refractivity contribution in [3.8, 4) is 12.3 Å². The van der Waals surface area contributed by atoms with Crippen LogP contribution in [-0.4, -0.2) is 18.8 Å². The Bertz CT molecular complexity index is 570. The zero-order valence-corrected chi connectivity index (χ0v) is 10.5. The van der Waals surface area contributed by atoms with Crippen LogP contribution in [0.4, 0.5) is 0 Å². The fourth-order valence-electron chi connectivity index (χ4n) is 2.71. The number of benzene rings is 1. The van der Waals surface area contributed by atoms with Crippen LogP contribution in [0.15, 0.2) is 47.1 Å². The third kappa shape index (κ3) is 1.84. The molecule has 0 saturated carbocycles. The van der Waals surface area contributed by atoms with Gasteiger partial charge in [0.15, 0.2) is 0 Å². The predicted molar refractivity (Wildman–Crippen MR) is 76.1 cm³/mol. The molecular weight excluding hydrogens is 236 g/mol. The van der Waals surface area contributed by atoms with E-state index in [0.29, 0.717) is 6.54 Å². The fourth-order valence-corrected chi connectivity index (χ4v) is 2.71. The normalized spacial score (nSPS) is 27.7. The molecule has 1 saturated heterocycles. The van der Waals surface area contributed by atoms with E-state index in [2.05, 4.69) is 21.8 Å². The Balaban J connectivity index is 1.98.